The summed E-state index contributed by atoms with van der Waals surface area (Å²) in [6.45, 7) is 6.84. The van der Waals surface area contributed by atoms with E-state index in [1.54, 1.807) is 0 Å². The summed E-state index contributed by atoms with van der Waals surface area (Å²) in [5.74, 6) is 0. The lowest BCUT2D eigenvalue weighted by atomic mass is 9.82. The van der Waals surface area contributed by atoms with Crippen LogP contribution in [0.4, 0.5) is 0 Å². The van der Waals surface area contributed by atoms with E-state index < -0.39 is 0 Å². The van der Waals surface area contributed by atoms with Crippen molar-refractivity contribution in [2.75, 3.05) is 0 Å². The fourth-order valence-corrected chi connectivity index (χ4v) is 2.82. The molecule has 18 heavy (non-hydrogen) atoms. The van der Waals surface area contributed by atoms with E-state index in [0.29, 0.717) is 0 Å². The summed E-state index contributed by atoms with van der Waals surface area (Å²) < 4.78 is 2.15. The highest BCUT2D eigenvalue weighted by Crippen LogP contribution is 2.45. The summed E-state index contributed by atoms with van der Waals surface area (Å²) in [5, 5.41) is 0. The van der Waals surface area contributed by atoms with Gasteiger partial charge in [-0.3, -0.25) is 0 Å². The van der Waals surface area contributed by atoms with Crippen molar-refractivity contribution in [3.8, 4) is 0 Å². The summed E-state index contributed by atoms with van der Waals surface area (Å²) in [6, 6.07) is 8.71. The molecule has 0 spiro atoms. The summed E-state index contributed by atoms with van der Waals surface area (Å²) in [5.41, 5.74) is 5.77. The van der Waals surface area contributed by atoms with E-state index in [1.807, 2.05) is 18.7 Å². The first-order chi connectivity index (χ1) is 8.57. The molecule has 0 saturated heterocycles. The molecular weight excluding hydrogens is 220 g/mol. The van der Waals surface area contributed by atoms with Crippen molar-refractivity contribution in [1.29, 1.82) is 0 Å². The van der Waals surface area contributed by atoms with Crippen LogP contribution in [0, 0.1) is 5.41 Å². The zero-order valence-corrected chi connectivity index (χ0v) is 11.1. The number of imidazole rings is 1. The van der Waals surface area contributed by atoms with E-state index in [-0.39, 0.29) is 5.41 Å². The lowest BCUT2D eigenvalue weighted by Crippen LogP contribution is -2.10. The molecule has 3 rings (SSSR count). The standard InChI is InChI=1S/C16H18N2/c1-16(2,3)15-13-7-5-4-6-12(13)10-14(15)18-9-8-17-11-18/h4-9,11H,10H2,1-3H3. The lowest BCUT2D eigenvalue weighted by Gasteiger charge is -2.24. The summed E-state index contributed by atoms with van der Waals surface area (Å²) in [7, 11) is 0. The summed E-state index contributed by atoms with van der Waals surface area (Å²) in [6.07, 6.45) is 6.77. The van der Waals surface area contributed by atoms with Gasteiger partial charge < -0.3 is 4.57 Å². The van der Waals surface area contributed by atoms with Gasteiger partial charge in [0, 0.05) is 24.5 Å². The molecule has 0 atom stereocenters. The third kappa shape index (κ3) is 1.69. The fraction of sp³-hybridized carbons (Fsp3) is 0.312. The van der Waals surface area contributed by atoms with Gasteiger partial charge in [0.05, 0.1) is 6.33 Å². The van der Waals surface area contributed by atoms with E-state index in [0.717, 1.165) is 6.42 Å². The Hall–Kier alpha value is -1.83. The smallest absolute Gasteiger partial charge is 0.0989 e. The number of hydrogen-bond donors (Lipinski definition) is 0. The monoisotopic (exact) mass is 238 g/mol. The van der Waals surface area contributed by atoms with E-state index in [4.69, 9.17) is 0 Å². The van der Waals surface area contributed by atoms with E-state index in [1.165, 1.54) is 22.4 Å². The molecule has 1 aromatic heterocycles. The molecule has 0 bridgehead atoms. The van der Waals surface area contributed by atoms with Crippen LogP contribution in [0.25, 0.3) is 11.3 Å². The van der Waals surface area contributed by atoms with Crippen LogP contribution >= 0.6 is 0 Å². The van der Waals surface area contributed by atoms with Crippen molar-refractivity contribution in [2.24, 2.45) is 5.41 Å². The zero-order chi connectivity index (χ0) is 12.8. The Morgan fingerprint density at radius 2 is 1.94 bits per heavy atom. The van der Waals surface area contributed by atoms with Crippen molar-refractivity contribution in [3.05, 3.63) is 54.1 Å². The number of aromatic nitrogens is 2. The minimum atomic E-state index is 0.145. The second-order valence-electron chi connectivity index (χ2n) is 5.88. The molecule has 1 aliphatic carbocycles. The maximum Gasteiger partial charge on any atom is 0.0989 e. The lowest BCUT2D eigenvalue weighted by molar-refractivity contribution is 0.567. The first-order valence-corrected chi connectivity index (χ1v) is 6.37. The van der Waals surface area contributed by atoms with Crippen LogP contribution in [0.2, 0.25) is 0 Å². The molecule has 92 valence electrons. The Balaban J connectivity index is 2.23. The molecule has 0 N–H and O–H groups in total. The van der Waals surface area contributed by atoms with Crippen LogP contribution in [0.1, 0.15) is 31.9 Å². The largest absolute Gasteiger partial charge is 0.309 e. The molecule has 2 aromatic rings. The third-order valence-electron chi connectivity index (χ3n) is 3.50. The quantitative estimate of drug-likeness (QED) is 0.737. The molecular formula is C16H18N2. The van der Waals surface area contributed by atoms with Crippen LogP contribution in [0.15, 0.2) is 43.0 Å². The number of allylic oxidation sites excluding steroid dienone is 2. The predicted molar refractivity (Wildman–Crippen MR) is 74.9 cm³/mol. The highest BCUT2D eigenvalue weighted by atomic mass is 15.0. The van der Waals surface area contributed by atoms with Crippen molar-refractivity contribution in [1.82, 2.24) is 9.55 Å². The number of nitrogens with zero attached hydrogens (tertiary/aromatic N) is 2. The van der Waals surface area contributed by atoms with E-state index >= 15 is 0 Å². The normalized spacial score (nSPS) is 15.1. The average Bonchev–Trinajstić information content (AvgIpc) is 2.94. The Bertz CT molecular complexity index is 598. The first-order valence-electron chi connectivity index (χ1n) is 6.37. The SMILES string of the molecule is CC(C)(C)C1=C(n2ccnc2)Cc2ccccc21. The average molecular weight is 238 g/mol. The summed E-state index contributed by atoms with van der Waals surface area (Å²) >= 11 is 0. The number of benzene rings is 1. The Morgan fingerprint density at radius 3 is 2.61 bits per heavy atom. The highest BCUT2D eigenvalue weighted by Gasteiger charge is 2.30. The molecule has 1 aromatic carbocycles. The van der Waals surface area contributed by atoms with Crippen LogP contribution in [-0.4, -0.2) is 9.55 Å². The zero-order valence-electron chi connectivity index (χ0n) is 11.1. The van der Waals surface area contributed by atoms with Crippen molar-refractivity contribution >= 4 is 11.3 Å². The van der Waals surface area contributed by atoms with Gasteiger partial charge in [-0.25, -0.2) is 4.98 Å². The van der Waals surface area contributed by atoms with E-state index in [9.17, 15) is 0 Å². The Morgan fingerprint density at radius 1 is 1.17 bits per heavy atom. The number of hydrogen-bond acceptors (Lipinski definition) is 1. The van der Waals surface area contributed by atoms with Crippen LogP contribution in [0.3, 0.4) is 0 Å². The maximum absolute atomic E-state index is 4.17. The Kier molecular flexibility index (Phi) is 2.40. The minimum Gasteiger partial charge on any atom is -0.309 e. The molecule has 1 heterocycles. The molecule has 0 fully saturated rings. The van der Waals surface area contributed by atoms with Crippen LogP contribution < -0.4 is 0 Å². The molecule has 2 nitrogen and oxygen atoms in total. The van der Waals surface area contributed by atoms with Crippen molar-refractivity contribution in [3.63, 3.8) is 0 Å². The van der Waals surface area contributed by atoms with Crippen LogP contribution in [-0.2, 0) is 6.42 Å². The van der Waals surface area contributed by atoms with E-state index in [2.05, 4.69) is 54.6 Å². The topological polar surface area (TPSA) is 17.8 Å². The van der Waals surface area contributed by atoms with Gasteiger partial charge in [-0.05, 0) is 22.1 Å². The van der Waals surface area contributed by atoms with Gasteiger partial charge in [0.15, 0.2) is 0 Å². The van der Waals surface area contributed by atoms with Gasteiger partial charge in [-0.15, -0.1) is 0 Å². The van der Waals surface area contributed by atoms with Gasteiger partial charge in [-0.1, -0.05) is 45.0 Å². The third-order valence-corrected chi connectivity index (χ3v) is 3.50. The highest BCUT2D eigenvalue weighted by molar-refractivity contribution is 5.92. The maximum atomic E-state index is 4.17. The molecule has 0 aliphatic heterocycles. The molecule has 0 radical (unpaired) electrons. The van der Waals surface area contributed by atoms with Gasteiger partial charge in [0.1, 0.15) is 0 Å². The molecule has 2 heteroatoms. The van der Waals surface area contributed by atoms with Crippen LogP contribution in [0.5, 0.6) is 0 Å². The molecule has 1 aliphatic rings. The molecule has 0 unspecified atom stereocenters. The Labute approximate surface area is 108 Å². The summed E-state index contributed by atoms with van der Waals surface area (Å²) in [4.78, 5) is 4.17. The second-order valence-corrected chi connectivity index (χ2v) is 5.88. The van der Waals surface area contributed by atoms with Crippen molar-refractivity contribution in [2.45, 2.75) is 27.2 Å². The van der Waals surface area contributed by atoms with Gasteiger partial charge >= 0.3 is 0 Å². The molecule has 0 saturated carbocycles. The number of fused-ring (bicyclic) bond motifs is 1. The van der Waals surface area contributed by atoms with Crippen molar-refractivity contribution < 1.29 is 0 Å². The van der Waals surface area contributed by atoms with Gasteiger partial charge in [-0.2, -0.15) is 0 Å². The van der Waals surface area contributed by atoms with Gasteiger partial charge in [0.25, 0.3) is 0 Å². The number of rotatable bonds is 1. The minimum absolute atomic E-state index is 0.145. The molecule has 0 amide bonds. The fourth-order valence-electron chi connectivity index (χ4n) is 2.82. The first kappa shape index (κ1) is 11.3. The predicted octanol–water partition coefficient (Wildman–Crippen LogP) is 3.85. The second kappa shape index (κ2) is 3.84. The van der Waals surface area contributed by atoms with Gasteiger partial charge in [0.2, 0.25) is 0 Å².